The average Bonchev–Trinajstić information content (AvgIpc) is 3.06. The normalized spacial score (nSPS) is 16.8. The summed E-state index contributed by atoms with van der Waals surface area (Å²) in [6, 6.07) is -2.04. The van der Waals surface area contributed by atoms with Gasteiger partial charge in [0.2, 0.25) is 0 Å². The highest BCUT2D eigenvalue weighted by Crippen LogP contribution is 2.19. The molecule has 1 aliphatic rings. The van der Waals surface area contributed by atoms with Crippen molar-refractivity contribution in [2.24, 2.45) is 16.5 Å². The Bertz CT molecular complexity index is 639. The van der Waals surface area contributed by atoms with Crippen LogP contribution in [0.2, 0.25) is 0 Å². The van der Waals surface area contributed by atoms with E-state index in [2.05, 4.69) is 4.99 Å². The van der Waals surface area contributed by atoms with E-state index in [4.69, 9.17) is 26.5 Å². The Kier molecular flexibility index (Phi) is 10.2. The van der Waals surface area contributed by atoms with Crippen molar-refractivity contribution in [2.75, 3.05) is 13.1 Å². The lowest BCUT2D eigenvalue weighted by atomic mass is 10.1. The van der Waals surface area contributed by atoms with Gasteiger partial charge in [0.15, 0.2) is 17.0 Å². The maximum Gasteiger partial charge on any atom is 0.490 e. The third-order valence-electron chi connectivity index (χ3n) is 3.57. The minimum absolute atomic E-state index is 0.101. The van der Waals surface area contributed by atoms with Gasteiger partial charge in [0.1, 0.15) is 6.04 Å². The Balaban J connectivity index is 0.000000956. The molecular weight excluding hydrogens is 409 g/mol. The molecule has 0 unspecified atom stereocenters. The van der Waals surface area contributed by atoms with E-state index in [9.17, 15) is 32.9 Å². The number of nitrogens with two attached hydrogens (primary N) is 2. The van der Waals surface area contributed by atoms with E-state index >= 15 is 0 Å². The fourth-order valence-electron chi connectivity index (χ4n) is 2.36. The van der Waals surface area contributed by atoms with Gasteiger partial charge in [-0.15, -0.1) is 5.43 Å². The molecule has 1 fully saturated rings. The Hall–Kier alpha value is -3.33. The lowest BCUT2D eigenvalue weighted by Gasteiger charge is -2.25. The molecule has 16 heteroatoms. The second-order valence-electron chi connectivity index (χ2n) is 5.72. The number of halogens is 3. The minimum atomic E-state index is -5.08. The minimum Gasteiger partial charge on any atom is -0.480 e. The van der Waals surface area contributed by atoms with E-state index in [1.54, 1.807) is 0 Å². The number of carbonyl (C=O) groups excluding carboxylic acids is 1. The number of rotatable bonds is 8. The third-order valence-corrected chi connectivity index (χ3v) is 3.57. The van der Waals surface area contributed by atoms with Crippen molar-refractivity contribution in [1.82, 2.24) is 10.3 Å². The molecule has 0 bridgehead atoms. The summed E-state index contributed by atoms with van der Waals surface area (Å²) in [5.41, 5.74) is 12.3. The van der Waals surface area contributed by atoms with Gasteiger partial charge in [0, 0.05) is 13.1 Å². The van der Waals surface area contributed by atoms with Crippen molar-refractivity contribution >= 4 is 23.8 Å². The molecule has 1 saturated heterocycles. The maximum absolute atomic E-state index is 12.3. The number of alkyl halides is 3. The van der Waals surface area contributed by atoms with E-state index in [0.717, 1.165) is 0 Å². The Morgan fingerprint density at radius 3 is 2.28 bits per heavy atom. The van der Waals surface area contributed by atoms with Crippen molar-refractivity contribution in [3.8, 4) is 0 Å². The molecule has 0 aromatic heterocycles. The molecule has 1 heterocycles. The predicted octanol–water partition coefficient (Wildman–Crippen LogP) is -1.10. The number of nitro groups is 1. The first-order valence-electron chi connectivity index (χ1n) is 8.06. The number of hydrogen-bond donors (Lipinski definition) is 5. The Labute approximate surface area is 161 Å². The van der Waals surface area contributed by atoms with Gasteiger partial charge in [0.25, 0.3) is 5.91 Å². The van der Waals surface area contributed by atoms with E-state index in [1.165, 1.54) is 4.90 Å². The fraction of sp³-hybridized carbons (Fsp3) is 0.692. The van der Waals surface area contributed by atoms with Crippen LogP contribution in [0.4, 0.5) is 13.2 Å². The number of hydrazine groups is 1. The summed E-state index contributed by atoms with van der Waals surface area (Å²) < 4.78 is 31.7. The number of carboxylic acids is 2. The SMILES string of the molecule is NC(N)=NCCC[C@H](N[N+](=O)[O-])C(=O)N1CCC[C@H]1C(=O)O.O=C(O)C(F)(F)F. The monoisotopic (exact) mass is 430 g/mol. The van der Waals surface area contributed by atoms with Crippen LogP contribution in [-0.2, 0) is 14.4 Å². The largest absolute Gasteiger partial charge is 0.490 e. The predicted molar refractivity (Wildman–Crippen MR) is 89.9 cm³/mol. The zero-order valence-corrected chi connectivity index (χ0v) is 15.0. The van der Waals surface area contributed by atoms with Crippen LogP contribution in [0.15, 0.2) is 4.99 Å². The van der Waals surface area contributed by atoms with Crippen LogP contribution in [0.5, 0.6) is 0 Å². The van der Waals surface area contributed by atoms with Crippen LogP contribution >= 0.6 is 0 Å². The zero-order valence-electron chi connectivity index (χ0n) is 15.0. The Morgan fingerprint density at radius 1 is 1.31 bits per heavy atom. The van der Waals surface area contributed by atoms with Crippen LogP contribution in [0.1, 0.15) is 25.7 Å². The first kappa shape index (κ1) is 25.7. The van der Waals surface area contributed by atoms with Gasteiger partial charge in [-0.1, -0.05) is 0 Å². The molecule has 166 valence electrons. The molecular formula is C13H21F3N6O7. The lowest BCUT2D eigenvalue weighted by molar-refractivity contribution is -0.548. The number of carbonyl (C=O) groups is 3. The van der Waals surface area contributed by atoms with Crippen LogP contribution in [-0.4, -0.2) is 75.3 Å². The summed E-state index contributed by atoms with van der Waals surface area (Å²) in [6.45, 7) is 0.507. The molecule has 1 rings (SSSR count). The maximum atomic E-state index is 12.3. The smallest absolute Gasteiger partial charge is 0.480 e. The Morgan fingerprint density at radius 2 is 1.86 bits per heavy atom. The van der Waals surface area contributed by atoms with Gasteiger partial charge >= 0.3 is 18.1 Å². The third kappa shape index (κ3) is 9.96. The quantitative estimate of drug-likeness (QED) is 0.103. The molecule has 13 nitrogen and oxygen atoms in total. The molecule has 0 radical (unpaired) electrons. The second-order valence-corrected chi connectivity index (χ2v) is 5.72. The summed E-state index contributed by atoms with van der Waals surface area (Å²) in [5.74, 6) is -4.55. The number of nitrogens with one attached hydrogen (secondary N) is 1. The number of hydrogen-bond acceptors (Lipinski definition) is 6. The molecule has 0 spiro atoms. The number of likely N-dealkylation sites (tertiary alicyclic amines) is 1. The second kappa shape index (κ2) is 11.5. The molecule has 0 aromatic rings. The number of aliphatic imine (C=N–C) groups is 1. The number of nitrogens with zero attached hydrogens (tertiary/aromatic N) is 3. The molecule has 0 saturated carbocycles. The van der Waals surface area contributed by atoms with E-state index in [-0.39, 0.29) is 25.5 Å². The topological polar surface area (TPSA) is 214 Å². The molecule has 1 aliphatic heterocycles. The van der Waals surface area contributed by atoms with Crippen molar-refractivity contribution in [3.63, 3.8) is 0 Å². The van der Waals surface area contributed by atoms with E-state index in [1.807, 2.05) is 5.43 Å². The molecule has 29 heavy (non-hydrogen) atoms. The highest BCUT2D eigenvalue weighted by molar-refractivity contribution is 5.87. The zero-order chi connectivity index (χ0) is 22.8. The van der Waals surface area contributed by atoms with Crippen LogP contribution in [0.3, 0.4) is 0 Å². The molecule has 7 N–H and O–H groups in total. The summed E-state index contributed by atoms with van der Waals surface area (Å²) in [6.07, 6.45) is -3.71. The molecule has 0 aliphatic carbocycles. The standard InChI is InChI=1S/C11H20N6O5.C2HF3O2/c12-11(13)14-5-1-3-7(15-17(21)22)9(18)16-6-2-4-8(16)10(19)20;3-2(4,5)1(6)7/h7-8,15H,1-6H2,(H,19,20)(H4,12,13,14);(H,6,7)/t7-,8-;/m0./s1. The number of amides is 1. The van der Waals surface area contributed by atoms with Crippen LogP contribution in [0, 0.1) is 10.1 Å². The average molecular weight is 430 g/mol. The van der Waals surface area contributed by atoms with Gasteiger partial charge in [-0.25, -0.2) is 19.7 Å². The number of aliphatic carboxylic acids is 2. The molecule has 0 aromatic carbocycles. The van der Waals surface area contributed by atoms with Gasteiger partial charge in [0.05, 0.1) is 0 Å². The highest BCUT2D eigenvalue weighted by atomic mass is 19.4. The van der Waals surface area contributed by atoms with Crippen molar-refractivity contribution < 1.29 is 42.8 Å². The number of carboxylic acid groups (broad SMARTS) is 2. The number of guanidine groups is 1. The molecule has 2 atom stereocenters. The highest BCUT2D eigenvalue weighted by Gasteiger charge is 2.39. The van der Waals surface area contributed by atoms with Crippen molar-refractivity contribution in [3.05, 3.63) is 10.1 Å². The molecule has 1 amide bonds. The van der Waals surface area contributed by atoms with Gasteiger partial charge in [-0.2, -0.15) is 13.2 Å². The van der Waals surface area contributed by atoms with Crippen molar-refractivity contribution in [1.29, 1.82) is 0 Å². The van der Waals surface area contributed by atoms with Crippen molar-refractivity contribution in [2.45, 2.75) is 43.9 Å². The first-order valence-corrected chi connectivity index (χ1v) is 8.06. The summed E-state index contributed by atoms with van der Waals surface area (Å²) in [7, 11) is 0. The first-order chi connectivity index (χ1) is 13.3. The summed E-state index contributed by atoms with van der Waals surface area (Å²) in [5, 5.41) is 26.0. The van der Waals surface area contributed by atoms with Gasteiger partial charge < -0.3 is 26.6 Å². The fourth-order valence-corrected chi connectivity index (χ4v) is 2.36. The van der Waals surface area contributed by atoms with Crippen LogP contribution in [0.25, 0.3) is 0 Å². The van der Waals surface area contributed by atoms with E-state index in [0.29, 0.717) is 19.3 Å². The summed E-state index contributed by atoms with van der Waals surface area (Å²) in [4.78, 5) is 47.9. The van der Waals surface area contributed by atoms with Gasteiger partial charge in [-0.3, -0.25) is 9.79 Å². The van der Waals surface area contributed by atoms with Crippen LogP contribution < -0.4 is 16.9 Å². The summed E-state index contributed by atoms with van der Waals surface area (Å²) >= 11 is 0. The van der Waals surface area contributed by atoms with E-state index < -0.39 is 41.1 Å². The lowest BCUT2D eigenvalue weighted by Crippen LogP contribution is -2.51. The van der Waals surface area contributed by atoms with Gasteiger partial charge in [-0.05, 0) is 25.7 Å².